The van der Waals surface area contributed by atoms with Gasteiger partial charge in [0.2, 0.25) is 10.0 Å². The van der Waals surface area contributed by atoms with E-state index in [0.29, 0.717) is 18.7 Å². The van der Waals surface area contributed by atoms with Crippen molar-refractivity contribution in [1.29, 1.82) is 0 Å². The topological polar surface area (TPSA) is 102 Å². The minimum Gasteiger partial charge on any atom is -0.493 e. The summed E-state index contributed by atoms with van der Waals surface area (Å²) in [5.41, 5.74) is 0. The van der Waals surface area contributed by atoms with E-state index in [2.05, 4.69) is 9.62 Å². The zero-order valence-corrected chi connectivity index (χ0v) is 19.0. The van der Waals surface area contributed by atoms with Crippen molar-refractivity contribution in [3.63, 3.8) is 0 Å². The number of nitrogens with one attached hydrogen (secondary N) is 1. The van der Waals surface area contributed by atoms with E-state index in [4.69, 9.17) is 9.47 Å². The molecule has 1 saturated heterocycles. The highest BCUT2D eigenvalue weighted by molar-refractivity contribution is 7.91. The average molecular weight is 449 g/mol. The predicted octanol–water partition coefficient (Wildman–Crippen LogP) is 1.28. The first-order valence-corrected chi connectivity index (χ1v) is 13.2. The minimum atomic E-state index is -3.59. The highest BCUT2D eigenvalue weighted by atomic mass is 32.2. The van der Waals surface area contributed by atoms with Gasteiger partial charge >= 0.3 is 0 Å². The molecule has 1 aromatic carbocycles. The van der Waals surface area contributed by atoms with Gasteiger partial charge in [0.15, 0.2) is 9.84 Å². The fraction of sp³-hybridized carbons (Fsp3) is 0.684. The molecular weight excluding hydrogens is 416 g/mol. The second-order valence-corrected chi connectivity index (χ2v) is 11.6. The average Bonchev–Trinajstić information content (AvgIpc) is 2.65. The molecule has 0 aromatic heterocycles. The number of nitrogens with zero attached hydrogens (tertiary/aromatic N) is 1. The van der Waals surface area contributed by atoms with Gasteiger partial charge < -0.3 is 9.47 Å². The van der Waals surface area contributed by atoms with Crippen LogP contribution < -0.4 is 9.46 Å². The third-order valence-electron chi connectivity index (χ3n) is 4.68. The molecule has 166 valence electrons. The number of morpholine rings is 1. The number of rotatable bonds is 11. The van der Waals surface area contributed by atoms with Crippen LogP contribution in [0.1, 0.15) is 27.2 Å². The summed E-state index contributed by atoms with van der Waals surface area (Å²) in [6.45, 7) is 8.60. The van der Waals surface area contributed by atoms with Crippen molar-refractivity contribution in [3.05, 3.63) is 24.3 Å². The first kappa shape index (κ1) is 24.1. The van der Waals surface area contributed by atoms with E-state index < -0.39 is 19.9 Å². The Kier molecular flexibility index (Phi) is 8.90. The van der Waals surface area contributed by atoms with Crippen LogP contribution in [0.25, 0.3) is 0 Å². The SMILES string of the molecule is CCS(=O)(=O)CCOc1ccc(S(=O)(=O)NCCCN2CC(C)OC(C)C2)cc1. The summed E-state index contributed by atoms with van der Waals surface area (Å²) in [7, 11) is -6.68. The Labute approximate surface area is 174 Å². The van der Waals surface area contributed by atoms with E-state index >= 15 is 0 Å². The molecule has 8 nitrogen and oxygen atoms in total. The normalized spacial score (nSPS) is 21.2. The van der Waals surface area contributed by atoms with Gasteiger partial charge in [-0.1, -0.05) is 6.92 Å². The first-order valence-electron chi connectivity index (χ1n) is 9.92. The maximum absolute atomic E-state index is 12.4. The Balaban J connectivity index is 1.77. The Hall–Kier alpha value is -1.20. The maximum Gasteiger partial charge on any atom is 0.240 e. The Morgan fingerprint density at radius 2 is 1.72 bits per heavy atom. The molecule has 1 fully saturated rings. The van der Waals surface area contributed by atoms with E-state index in [1.807, 2.05) is 13.8 Å². The molecule has 0 saturated carbocycles. The maximum atomic E-state index is 12.4. The summed E-state index contributed by atoms with van der Waals surface area (Å²) in [4.78, 5) is 2.44. The van der Waals surface area contributed by atoms with Gasteiger partial charge in [-0.05, 0) is 51.1 Å². The molecule has 0 amide bonds. The second kappa shape index (κ2) is 10.7. The van der Waals surface area contributed by atoms with Crippen LogP contribution in [0.15, 0.2) is 29.2 Å². The number of ether oxygens (including phenoxy) is 2. The number of hydrogen-bond acceptors (Lipinski definition) is 7. The van der Waals surface area contributed by atoms with Crippen molar-refractivity contribution in [2.75, 3.05) is 44.3 Å². The highest BCUT2D eigenvalue weighted by Gasteiger charge is 2.21. The van der Waals surface area contributed by atoms with Crippen molar-refractivity contribution in [3.8, 4) is 5.75 Å². The van der Waals surface area contributed by atoms with Gasteiger partial charge in [-0.15, -0.1) is 0 Å². The summed E-state index contributed by atoms with van der Waals surface area (Å²) in [5.74, 6) is 0.444. The van der Waals surface area contributed by atoms with E-state index in [0.717, 1.165) is 19.6 Å². The molecule has 1 heterocycles. The molecule has 10 heteroatoms. The molecule has 2 rings (SSSR count). The van der Waals surface area contributed by atoms with Crippen LogP contribution in [0.2, 0.25) is 0 Å². The second-order valence-electron chi connectivity index (χ2n) is 7.32. The third kappa shape index (κ3) is 8.21. The number of sulfone groups is 1. The molecule has 0 bridgehead atoms. The number of benzene rings is 1. The van der Waals surface area contributed by atoms with Crippen molar-refractivity contribution in [2.24, 2.45) is 0 Å². The summed E-state index contributed by atoms with van der Waals surface area (Å²) in [6.07, 6.45) is 1.10. The van der Waals surface area contributed by atoms with Crippen LogP contribution in [0.5, 0.6) is 5.75 Å². The van der Waals surface area contributed by atoms with Crippen LogP contribution >= 0.6 is 0 Å². The van der Waals surface area contributed by atoms with Crippen LogP contribution in [-0.4, -0.2) is 78.2 Å². The molecular formula is C19H32N2O6S2. The summed E-state index contributed by atoms with van der Waals surface area (Å²) >= 11 is 0. The van der Waals surface area contributed by atoms with Gasteiger partial charge in [0, 0.05) is 25.4 Å². The molecule has 29 heavy (non-hydrogen) atoms. The van der Waals surface area contributed by atoms with Gasteiger partial charge in [0.25, 0.3) is 0 Å². The molecule has 1 aliphatic heterocycles. The lowest BCUT2D eigenvalue weighted by Crippen LogP contribution is -2.46. The minimum absolute atomic E-state index is 0.0410. The van der Waals surface area contributed by atoms with Gasteiger partial charge in [0.1, 0.15) is 12.4 Å². The van der Waals surface area contributed by atoms with Gasteiger partial charge in [-0.2, -0.15) is 0 Å². The molecule has 2 atom stereocenters. The molecule has 1 aliphatic rings. The zero-order chi connectivity index (χ0) is 21.5. The van der Waals surface area contributed by atoms with E-state index in [1.165, 1.54) is 24.3 Å². The third-order valence-corrected chi connectivity index (χ3v) is 7.82. The first-order chi connectivity index (χ1) is 13.6. The molecule has 2 unspecified atom stereocenters. The van der Waals surface area contributed by atoms with Gasteiger partial charge in [0.05, 0.1) is 22.9 Å². The van der Waals surface area contributed by atoms with Crippen LogP contribution in [-0.2, 0) is 24.6 Å². The molecule has 1 aromatic rings. The molecule has 0 radical (unpaired) electrons. The van der Waals surface area contributed by atoms with E-state index in [-0.39, 0.29) is 35.2 Å². The quantitative estimate of drug-likeness (QED) is 0.509. The van der Waals surface area contributed by atoms with Crippen molar-refractivity contribution >= 4 is 19.9 Å². The molecule has 0 spiro atoms. The fourth-order valence-corrected chi connectivity index (χ4v) is 4.91. The zero-order valence-electron chi connectivity index (χ0n) is 17.3. The van der Waals surface area contributed by atoms with E-state index in [9.17, 15) is 16.8 Å². The largest absolute Gasteiger partial charge is 0.493 e. The summed E-state index contributed by atoms with van der Waals surface area (Å²) in [5, 5.41) is 0. The van der Waals surface area contributed by atoms with Crippen molar-refractivity contribution in [2.45, 2.75) is 44.3 Å². The van der Waals surface area contributed by atoms with Crippen LogP contribution in [0.3, 0.4) is 0 Å². The Morgan fingerprint density at radius 3 is 2.31 bits per heavy atom. The smallest absolute Gasteiger partial charge is 0.240 e. The monoisotopic (exact) mass is 448 g/mol. The molecule has 0 aliphatic carbocycles. The lowest BCUT2D eigenvalue weighted by molar-refractivity contribution is -0.0679. The van der Waals surface area contributed by atoms with Crippen LogP contribution in [0.4, 0.5) is 0 Å². The van der Waals surface area contributed by atoms with Gasteiger partial charge in [-0.3, -0.25) is 4.90 Å². The summed E-state index contributed by atoms with van der Waals surface area (Å²) < 4.78 is 61.5. The lowest BCUT2D eigenvalue weighted by Gasteiger charge is -2.35. The van der Waals surface area contributed by atoms with Gasteiger partial charge in [-0.25, -0.2) is 21.6 Å². The molecule has 1 N–H and O–H groups in total. The standard InChI is InChI=1S/C19H32N2O6S2/c1-4-28(22,23)13-12-26-18-6-8-19(9-7-18)29(24,25)20-10-5-11-21-14-16(2)27-17(3)15-21/h6-9,16-17,20H,4-5,10-15H2,1-3H3. The predicted molar refractivity (Wildman–Crippen MR) is 113 cm³/mol. The Morgan fingerprint density at radius 1 is 1.10 bits per heavy atom. The van der Waals surface area contributed by atoms with Crippen molar-refractivity contribution < 1.29 is 26.3 Å². The fourth-order valence-electron chi connectivity index (χ4n) is 3.21. The Bertz CT molecular complexity index is 830. The van der Waals surface area contributed by atoms with Crippen LogP contribution in [0, 0.1) is 0 Å². The highest BCUT2D eigenvalue weighted by Crippen LogP contribution is 2.16. The van der Waals surface area contributed by atoms with Crippen molar-refractivity contribution in [1.82, 2.24) is 9.62 Å². The number of hydrogen-bond donors (Lipinski definition) is 1. The summed E-state index contributed by atoms with van der Waals surface area (Å²) in [6, 6.07) is 5.97. The number of sulfonamides is 1. The van der Waals surface area contributed by atoms with E-state index in [1.54, 1.807) is 6.92 Å². The lowest BCUT2D eigenvalue weighted by atomic mass is 10.2.